The summed E-state index contributed by atoms with van der Waals surface area (Å²) < 4.78 is 0. The molecule has 20 heavy (non-hydrogen) atoms. The Labute approximate surface area is 124 Å². The smallest absolute Gasteiger partial charge is 0.0174 e. The summed E-state index contributed by atoms with van der Waals surface area (Å²) in [6.45, 7) is 18.1. The van der Waals surface area contributed by atoms with Crippen LogP contribution in [0.5, 0.6) is 0 Å². The van der Waals surface area contributed by atoms with Gasteiger partial charge in [-0.3, -0.25) is 4.90 Å². The van der Waals surface area contributed by atoms with E-state index in [0.717, 1.165) is 6.54 Å². The van der Waals surface area contributed by atoms with E-state index in [2.05, 4.69) is 65.5 Å². The molecule has 0 radical (unpaired) electrons. The second-order valence-electron chi connectivity index (χ2n) is 7.21. The zero-order valence-corrected chi connectivity index (χ0v) is 14.2. The number of hydrogen-bond acceptors (Lipinski definition) is 1. The van der Waals surface area contributed by atoms with Crippen molar-refractivity contribution in [1.29, 1.82) is 0 Å². The Kier molecular flexibility index (Phi) is 4.11. The molecule has 1 heteroatoms. The highest BCUT2D eigenvalue weighted by molar-refractivity contribution is 5.71. The van der Waals surface area contributed by atoms with Gasteiger partial charge in [-0.1, -0.05) is 12.1 Å². The van der Waals surface area contributed by atoms with E-state index in [1.54, 1.807) is 0 Å². The van der Waals surface area contributed by atoms with Gasteiger partial charge in [-0.15, -0.1) is 0 Å². The molecular weight excluding hydrogens is 242 g/mol. The molecule has 0 unspecified atom stereocenters. The van der Waals surface area contributed by atoms with Gasteiger partial charge in [0.25, 0.3) is 0 Å². The van der Waals surface area contributed by atoms with Crippen LogP contribution in [0.4, 0.5) is 0 Å². The summed E-state index contributed by atoms with van der Waals surface area (Å²) in [5.41, 5.74) is 9.06. The molecule has 0 spiro atoms. The van der Waals surface area contributed by atoms with E-state index >= 15 is 0 Å². The summed E-state index contributed by atoms with van der Waals surface area (Å²) in [5.74, 6) is 0. The van der Waals surface area contributed by atoms with Gasteiger partial charge in [0.2, 0.25) is 0 Å². The van der Waals surface area contributed by atoms with Crippen molar-refractivity contribution in [1.82, 2.24) is 4.90 Å². The van der Waals surface area contributed by atoms with Crippen molar-refractivity contribution in [2.75, 3.05) is 13.1 Å². The lowest BCUT2D eigenvalue weighted by molar-refractivity contribution is 0.153. The fraction of sp³-hybridized carbons (Fsp3) is 0.579. The second kappa shape index (κ2) is 5.37. The molecule has 0 saturated carbocycles. The predicted octanol–water partition coefficient (Wildman–Crippen LogP) is 4.81. The first kappa shape index (κ1) is 15.3. The minimum Gasteiger partial charge on any atom is -0.294 e. The number of hydrogen-bond donors (Lipinski definition) is 0. The summed E-state index contributed by atoms with van der Waals surface area (Å²) in [6.07, 6.45) is 3.60. The third-order valence-corrected chi connectivity index (χ3v) is 4.99. The van der Waals surface area contributed by atoms with Gasteiger partial charge in [-0.05, 0) is 88.3 Å². The number of aryl methyl sites for hydroxylation is 1. The van der Waals surface area contributed by atoms with E-state index in [1.165, 1.54) is 46.4 Å². The average molecular weight is 271 g/mol. The maximum Gasteiger partial charge on any atom is 0.0174 e. The Morgan fingerprint density at radius 3 is 2.10 bits per heavy atom. The van der Waals surface area contributed by atoms with Crippen LogP contribution in [0.2, 0.25) is 0 Å². The first-order valence-corrected chi connectivity index (χ1v) is 7.73. The molecule has 2 rings (SSSR count). The van der Waals surface area contributed by atoms with Crippen molar-refractivity contribution in [2.24, 2.45) is 0 Å². The molecule has 0 fully saturated rings. The quantitative estimate of drug-likeness (QED) is 0.708. The first-order chi connectivity index (χ1) is 9.21. The van der Waals surface area contributed by atoms with Crippen LogP contribution in [-0.4, -0.2) is 23.5 Å². The normalized spacial score (nSPS) is 17.2. The van der Waals surface area contributed by atoms with Crippen molar-refractivity contribution in [3.05, 3.63) is 40.0 Å². The lowest BCUT2D eigenvalue weighted by Crippen LogP contribution is -2.43. The molecule has 1 aliphatic heterocycles. The summed E-state index contributed by atoms with van der Waals surface area (Å²) in [5, 5.41) is 0. The Morgan fingerprint density at radius 2 is 1.60 bits per heavy atom. The zero-order chi connectivity index (χ0) is 15.1. The Bertz CT molecular complexity index is 544. The molecule has 110 valence electrons. The SMILES string of the molecule is Cc1cc(C2=CCN(C(C)(C)C)CC2)c(C)c(C)c1C. The maximum atomic E-state index is 2.56. The van der Waals surface area contributed by atoms with E-state index in [0.29, 0.717) is 0 Å². The Morgan fingerprint density at radius 1 is 0.950 bits per heavy atom. The molecule has 1 aromatic carbocycles. The van der Waals surface area contributed by atoms with Crippen LogP contribution in [-0.2, 0) is 0 Å². The molecule has 1 aliphatic rings. The Balaban J connectivity index is 2.33. The van der Waals surface area contributed by atoms with Crippen LogP contribution >= 0.6 is 0 Å². The summed E-state index contributed by atoms with van der Waals surface area (Å²) >= 11 is 0. The fourth-order valence-corrected chi connectivity index (χ4v) is 3.07. The van der Waals surface area contributed by atoms with Gasteiger partial charge < -0.3 is 0 Å². The molecule has 1 nitrogen and oxygen atoms in total. The van der Waals surface area contributed by atoms with Gasteiger partial charge >= 0.3 is 0 Å². The topological polar surface area (TPSA) is 3.24 Å². The number of nitrogens with zero attached hydrogens (tertiary/aromatic N) is 1. The summed E-state index contributed by atoms with van der Waals surface area (Å²) in [6, 6.07) is 2.39. The monoisotopic (exact) mass is 271 g/mol. The average Bonchev–Trinajstić information content (AvgIpc) is 2.40. The minimum absolute atomic E-state index is 0.274. The zero-order valence-electron chi connectivity index (χ0n) is 14.2. The standard InChI is InChI=1S/C19H29N/c1-13-12-18(16(4)15(3)14(13)2)17-8-10-20(11-9-17)19(5,6)7/h8,12H,9-11H2,1-7H3. The van der Waals surface area contributed by atoms with Gasteiger partial charge in [0.15, 0.2) is 0 Å². The number of rotatable bonds is 1. The molecule has 0 bridgehead atoms. The third-order valence-electron chi connectivity index (χ3n) is 4.99. The molecular formula is C19H29N. The van der Waals surface area contributed by atoms with Gasteiger partial charge in [0, 0.05) is 18.6 Å². The highest BCUT2D eigenvalue weighted by atomic mass is 15.2. The van der Waals surface area contributed by atoms with Gasteiger partial charge in [0.05, 0.1) is 0 Å². The van der Waals surface area contributed by atoms with E-state index in [9.17, 15) is 0 Å². The van der Waals surface area contributed by atoms with Crippen molar-refractivity contribution in [2.45, 2.75) is 60.4 Å². The van der Waals surface area contributed by atoms with Crippen molar-refractivity contribution in [3.8, 4) is 0 Å². The molecule has 0 atom stereocenters. The molecule has 1 aromatic rings. The largest absolute Gasteiger partial charge is 0.294 e. The summed E-state index contributed by atoms with van der Waals surface area (Å²) in [7, 11) is 0. The van der Waals surface area contributed by atoms with Gasteiger partial charge in [-0.2, -0.15) is 0 Å². The Hall–Kier alpha value is -1.08. The second-order valence-corrected chi connectivity index (χ2v) is 7.21. The first-order valence-electron chi connectivity index (χ1n) is 7.73. The van der Waals surface area contributed by atoms with E-state index < -0.39 is 0 Å². The highest BCUT2D eigenvalue weighted by Crippen LogP contribution is 2.31. The molecule has 0 N–H and O–H groups in total. The maximum absolute atomic E-state index is 2.56. The molecule has 1 heterocycles. The van der Waals surface area contributed by atoms with Crippen molar-refractivity contribution in [3.63, 3.8) is 0 Å². The highest BCUT2D eigenvalue weighted by Gasteiger charge is 2.24. The van der Waals surface area contributed by atoms with Gasteiger partial charge in [0.1, 0.15) is 0 Å². The molecule has 0 aromatic heterocycles. The van der Waals surface area contributed by atoms with Crippen LogP contribution in [0, 0.1) is 27.7 Å². The molecule has 0 saturated heterocycles. The predicted molar refractivity (Wildman–Crippen MR) is 89.3 cm³/mol. The van der Waals surface area contributed by atoms with Crippen molar-refractivity contribution < 1.29 is 0 Å². The van der Waals surface area contributed by atoms with Crippen molar-refractivity contribution >= 4 is 5.57 Å². The van der Waals surface area contributed by atoms with E-state index in [4.69, 9.17) is 0 Å². The van der Waals surface area contributed by atoms with E-state index in [-0.39, 0.29) is 5.54 Å². The van der Waals surface area contributed by atoms with Crippen LogP contribution in [0.25, 0.3) is 5.57 Å². The molecule has 0 amide bonds. The minimum atomic E-state index is 0.274. The third kappa shape index (κ3) is 2.83. The van der Waals surface area contributed by atoms with Crippen LogP contribution < -0.4 is 0 Å². The lowest BCUT2D eigenvalue weighted by Gasteiger charge is -2.38. The van der Waals surface area contributed by atoms with Crippen LogP contribution in [0.15, 0.2) is 12.1 Å². The van der Waals surface area contributed by atoms with E-state index in [1.807, 2.05) is 0 Å². The fourth-order valence-electron chi connectivity index (χ4n) is 3.07. The summed E-state index contributed by atoms with van der Waals surface area (Å²) in [4.78, 5) is 2.56. The van der Waals surface area contributed by atoms with Crippen LogP contribution in [0.1, 0.15) is 55.0 Å². The lowest BCUT2D eigenvalue weighted by atomic mass is 9.88. The molecule has 0 aliphatic carbocycles. The number of benzene rings is 1. The van der Waals surface area contributed by atoms with Gasteiger partial charge in [-0.25, -0.2) is 0 Å². The van der Waals surface area contributed by atoms with Crippen LogP contribution in [0.3, 0.4) is 0 Å².